The first-order chi connectivity index (χ1) is 6.55. The van der Waals surface area contributed by atoms with E-state index in [1.807, 2.05) is 6.92 Å². The molecule has 0 saturated carbocycles. The van der Waals surface area contributed by atoms with Gasteiger partial charge in [0.25, 0.3) is 0 Å². The quantitative estimate of drug-likeness (QED) is 0.355. The highest BCUT2D eigenvalue weighted by molar-refractivity contribution is 7.80. The van der Waals surface area contributed by atoms with Gasteiger partial charge in [0.2, 0.25) is 0 Å². The lowest BCUT2D eigenvalue weighted by atomic mass is 10.2. The number of likely N-dealkylation sites (N-methyl/N-ethyl adjacent to an activating group) is 2. The second kappa shape index (κ2) is 7.45. The van der Waals surface area contributed by atoms with Gasteiger partial charge in [0.15, 0.2) is 5.79 Å². The Kier molecular flexibility index (Phi) is 7.54. The van der Waals surface area contributed by atoms with E-state index in [1.54, 1.807) is 7.05 Å². The van der Waals surface area contributed by atoms with E-state index in [-0.39, 0.29) is 6.04 Å². The number of rotatable bonds is 8. The van der Waals surface area contributed by atoms with Gasteiger partial charge in [-0.2, -0.15) is 12.6 Å². The van der Waals surface area contributed by atoms with Crippen molar-refractivity contribution in [2.45, 2.75) is 25.7 Å². The summed E-state index contributed by atoms with van der Waals surface area (Å²) in [5, 5.41) is 8.88. The number of nitrogens with one attached hydrogen (secondary N) is 3. The highest BCUT2D eigenvalue weighted by atomic mass is 32.1. The maximum Gasteiger partial charge on any atom is 0.171 e. The molecule has 0 radical (unpaired) electrons. The van der Waals surface area contributed by atoms with Gasteiger partial charge >= 0.3 is 0 Å². The Hall–Kier alpha value is 0.160. The maximum absolute atomic E-state index is 13.6. The standard InChI is InChI=1S/C9H22FN3S/c1-4-12-8(6-14)5-13-9(2,10)7-11-3/h8,11-14H,4-7H2,1-3H3/t8-,9+/m1/s1. The average Bonchev–Trinajstić information content (AvgIpc) is 2.12. The molecule has 0 rings (SSSR count). The summed E-state index contributed by atoms with van der Waals surface area (Å²) in [4.78, 5) is 0. The van der Waals surface area contributed by atoms with Crippen molar-refractivity contribution in [3.8, 4) is 0 Å². The third-order valence-corrected chi connectivity index (χ3v) is 2.38. The van der Waals surface area contributed by atoms with Crippen LogP contribution in [0.1, 0.15) is 13.8 Å². The summed E-state index contributed by atoms with van der Waals surface area (Å²) < 4.78 is 13.6. The molecule has 86 valence electrons. The van der Waals surface area contributed by atoms with Crippen molar-refractivity contribution in [3.63, 3.8) is 0 Å². The minimum absolute atomic E-state index is 0.218. The normalized spacial score (nSPS) is 17.8. The molecule has 0 unspecified atom stereocenters. The topological polar surface area (TPSA) is 36.1 Å². The third kappa shape index (κ3) is 6.59. The first-order valence-corrected chi connectivity index (χ1v) is 5.61. The van der Waals surface area contributed by atoms with Crippen LogP contribution in [0.5, 0.6) is 0 Å². The van der Waals surface area contributed by atoms with Gasteiger partial charge in [-0.15, -0.1) is 0 Å². The van der Waals surface area contributed by atoms with E-state index in [1.165, 1.54) is 6.92 Å². The second-order valence-electron chi connectivity index (χ2n) is 3.55. The summed E-state index contributed by atoms with van der Waals surface area (Å²) in [6, 6.07) is 0.218. The third-order valence-electron chi connectivity index (χ3n) is 1.94. The minimum atomic E-state index is -1.36. The van der Waals surface area contributed by atoms with Crippen molar-refractivity contribution in [1.29, 1.82) is 0 Å². The van der Waals surface area contributed by atoms with Gasteiger partial charge in [-0.3, -0.25) is 5.32 Å². The molecule has 0 aliphatic heterocycles. The fourth-order valence-corrected chi connectivity index (χ4v) is 1.48. The van der Waals surface area contributed by atoms with Crippen LogP contribution in [0.2, 0.25) is 0 Å². The summed E-state index contributed by atoms with van der Waals surface area (Å²) in [7, 11) is 1.74. The molecule has 3 nitrogen and oxygen atoms in total. The van der Waals surface area contributed by atoms with Crippen molar-refractivity contribution in [2.24, 2.45) is 0 Å². The first-order valence-electron chi connectivity index (χ1n) is 4.98. The predicted molar refractivity (Wildman–Crippen MR) is 62.8 cm³/mol. The zero-order valence-electron chi connectivity index (χ0n) is 9.23. The van der Waals surface area contributed by atoms with E-state index in [4.69, 9.17) is 0 Å². The van der Waals surface area contributed by atoms with E-state index in [2.05, 4.69) is 28.6 Å². The van der Waals surface area contributed by atoms with Crippen LogP contribution in [0, 0.1) is 0 Å². The Morgan fingerprint density at radius 2 is 2.14 bits per heavy atom. The number of hydrogen-bond donors (Lipinski definition) is 4. The SMILES string of the molecule is CCN[C@@H](CS)CN[C@](C)(F)CNC. The molecular weight excluding hydrogens is 201 g/mol. The highest BCUT2D eigenvalue weighted by Gasteiger charge is 2.21. The van der Waals surface area contributed by atoms with Crippen LogP contribution in [0.15, 0.2) is 0 Å². The van der Waals surface area contributed by atoms with Crippen LogP contribution in [0.3, 0.4) is 0 Å². The molecule has 0 aromatic carbocycles. The monoisotopic (exact) mass is 223 g/mol. The van der Waals surface area contributed by atoms with Crippen LogP contribution >= 0.6 is 12.6 Å². The fourth-order valence-electron chi connectivity index (χ4n) is 1.22. The van der Waals surface area contributed by atoms with E-state index < -0.39 is 5.79 Å². The molecule has 0 aliphatic rings. The average molecular weight is 223 g/mol. The summed E-state index contributed by atoms with van der Waals surface area (Å²) in [6.45, 7) is 5.33. The van der Waals surface area contributed by atoms with Crippen LogP contribution in [0.4, 0.5) is 4.39 Å². The molecular formula is C9H22FN3S. The van der Waals surface area contributed by atoms with Crippen molar-refractivity contribution in [3.05, 3.63) is 0 Å². The largest absolute Gasteiger partial charge is 0.315 e. The van der Waals surface area contributed by atoms with Gasteiger partial charge in [0.1, 0.15) is 0 Å². The Labute approximate surface area is 91.6 Å². The lowest BCUT2D eigenvalue weighted by Crippen LogP contribution is -2.51. The van der Waals surface area contributed by atoms with Crippen molar-refractivity contribution >= 4 is 12.6 Å². The van der Waals surface area contributed by atoms with Crippen molar-refractivity contribution in [2.75, 3.05) is 32.4 Å². The molecule has 14 heavy (non-hydrogen) atoms. The van der Waals surface area contributed by atoms with E-state index in [9.17, 15) is 4.39 Å². The van der Waals surface area contributed by atoms with Crippen LogP contribution in [0.25, 0.3) is 0 Å². The highest BCUT2D eigenvalue weighted by Crippen LogP contribution is 2.03. The Morgan fingerprint density at radius 1 is 1.50 bits per heavy atom. The minimum Gasteiger partial charge on any atom is -0.315 e. The molecule has 0 heterocycles. The summed E-state index contributed by atoms with van der Waals surface area (Å²) in [6.07, 6.45) is 0. The maximum atomic E-state index is 13.6. The van der Waals surface area contributed by atoms with Gasteiger partial charge < -0.3 is 10.6 Å². The first kappa shape index (κ1) is 14.2. The van der Waals surface area contributed by atoms with Gasteiger partial charge in [-0.25, -0.2) is 4.39 Å². The molecule has 0 saturated heterocycles. The lowest BCUT2D eigenvalue weighted by Gasteiger charge is -2.25. The Balaban J connectivity index is 3.76. The zero-order chi connectivity index (χ0) is 11.0. The van der Waals surface area contributed by atoms with Crippen LogP contribution < -0.4 is 16.0 Å². The molecule has 0 amide bonds. The number of halogens is 1. The van der Waals surface area contributed by atoms with Gasteiger partial charge in [0.05, 0.1) is 0 Å². The molecule has 3 N–H and O–H groups in total. The molecule has 0 bridgehead atoms. The van der Waals surface area contributed by atoms with Crippen molar-refractivity contribution < 1.29 is 4.39 Å². The molecule has 5 heteroatoms. The van der Waals surface area contributed by atoms with E-state index in [0.29, 0.717) is 18.8 Å². The van der Waals surface area contributed by atoms with Gasteiger partial charge in [-0.1, -0.05) is 6.92 Å². The Bertz CT molecular complexity index is 144. The molecule has 0 fully saturated rings. The molecule has 0 aliphatic carbocycles. The zero-order valence-corrected chi connectivity index (χ0v) is 10.1. The fraction of sp³-hybridized carbons (Fsp3) is 1.00. The smallest absolute Gasteiger partial charge is 0.171 e. The van der Waals surface area contributed by atoms with E-state index in [0.717, 1.165) is 6.54 Å². The molecule has 0 aromatic heterocycles. The van der Waals surface area contributed by atoms with E-state index >= 15 is 0 Å². The summed E-state index contributed by atoms with van der Waals surface area (Å²) in [5.41, 5.74) is 0. The molecule has 2 atom stereocenters. The number of hydrogen-bond acceptors (Lipinski definition) is 4. The second-order valence-corrected chi connectivity index (χ2v) is 3.91. The van der Waals surface area contributed by atoms with Crippen molar-refractivity contribution in [1.82, 2.24) is 16.0 Å². The molecule has 0 aromatic rings. The van der Waals surface area contributed by atoms with Gasteiger partial charge in [-0.05, 0) is 20.5 Å². The van der Waals surface area contributed by atoms with Crippen LogP contribution in [-0.4, -0.2) is 44.3 Å². The summed E-state index contributed by atoms with van der Waals surface area (Å²) >= 11 is 4.19. The lowest BCUT2D eigenvalue weighted by molar-refractivity contribution is 0.135. The summed E-state index contributed by atoms with van der Waals surface area (Å²) in [5.74, 6) is -0.651. The van der Waals surface area contributed by atoms with Gasteiger partial charge in [0, 0.05) is 24.9 Å². The molecule has 0 spiro atoms. The number of thiol groups is 1. The van der Waals surface area contributed by atoms with Crippen LogP contribution in [-0.2, 0) is 0 Å². The predicted octanol–water partition coefficient (Wildman–Crippen LogP) is 0.389. The Morgan fingerprint density at radius 3 is 2.57 bits per heavy atom. The number of alkyl halides is 1.